The Balaban J connectivity index is 0.000000298. The second-order valence-corrected chi connectivity index (χ2v) is 5.91. The predicted octanol–water partition coefficient (Wildman–Crippen LogP) is 1.23. The lowest BCUT2D eigenvalue weighted by atomic mass is 10.1. The highest BCUT2D eigenvalue weighted by molar-refractivity contribution is 5.73. The Hall–Kier alpha value is -2.40. The average Bonchev–Trinajstić information content (AvgIpc) is 3.21. The van der Waals surface area contributed by atoms with Crippen LogP contribution >= 0.6 is 0 Å². The minimum Gasteiger partial charge on any atom is -0.475 e. The Kier molecular flexibility index (Phi) is 6.37. The molecule has 144 valence electrons. The SMILES string of the molecule is Cc1ncn(C)c1CN1CCNCC1c1cn[nH]c1.O=C(O)C(F)(F)F. The zero-order valence-corrected chi connectivity index (χ0v) is 14.4. The van der Waals surface area contributed by atoms with Crippen LogP contribution in [0.15, 0.2) is 18.7 Å². The lowest BCUT2D eigenvalue weighted by Gasteiger charge is -2.35. The number of aryl methyl sites for hydroxylation is 2. The summed E-state index contributed by atoms with van der Waals surface area (Å²) in [5.74, 6) is -2.76. The third-order valence-corrected chi connectivity index (χ3v) is 4.12. The van der Waals surface area contributed by atoms with Crippen molar-refractivity contribution in [2.24, 2.45) is 7.05 Å². The molecule has 1 aliphatic heterocycles. The molecule has 11 heteroatoms. The van der Waals surface area contributed by atoms with Crippen molar-refractivity contribution in [3.63, 3.8) is 0 Å². The van der Waals surface area contributed by atoms with Crippen LogP contribution in [0.1, 0.15) is 23.0 Å². The van der Waals surface area contributed by atoms with Gasteiger partial charge in [0.25, 0.3) is 0 Å². The minimum absolute atomic E-state index is 0.377. The number of aromatic amines is 1. The van der Waals surface area contributed by atoms with Crippen molar-refractivity contribution >= 4 is 5.97 Å². The molecule has 0 amide bonds. The number of nitrogens with one attached hydrogen (secondary N) is 2. The second kappa shape index (κ2) is 8.32. The number of aliphatic carboxylic acids is 1. The van der Waals surface area contributed by atoms with Gasteiger partial charge in [0.2, 0.25) is 0 Å². The maximum absolute atomic E-state index is 10.6. The van der Waals surface area contributed by atoms with E-state index in [1.54, 1.807) is 0 Å². The first-order chi connectivity index (χ1) is 12.2. The van der Waals surface area contributed by atoms with Crippen molar-refractivity contribution in [1.82, 2.24) is 30.0 Å². The number of carboxylic acid groups (broad SMARTS) is 1. The highest BCUT2D eigenvalue weighted by Gasteiger charge is 2.38. The van der Waals surface area contributed by atoms with Crippen LogP contribution < -0.4 is 5.32 Å². The van der Waals surface area contributed by atoms with Crippen LogP contribution in [0.25, 0.3) is 0 Å². The largest absolute Gasteiger partial charge is 0.490 e. The van der Waals surface area contributed by atoms with Crippen molar-refractivity contribution in [1.29, 1.82) is 0 Å². The maximum Gasteiger partial charge on any atom is 0.490 e. The van der Waals surface area contributed by atoms with Gasteiger partial charge in [0, 0.05) is 45.0 Å². The van der Waals surface area contributed by atoms with E-state index in [2.05, 4.69) is 43.9 Å². The zero-order valence-electron chi connectivity index (χ0n) is 14.4. The van der Waals surface area contributed by atoms with Crippen LogP contribution in [0, 0.1) is 6.92 Å². The molecule has 1 unspecified atom stereocenters. The summed E-state index contributed by atoms with van der Waals surface area (Å²) in [6, 6.07) is 0.377. The molecule has 0 aliphatic carbocycles. The van der Waals surface area contributed by atoms with Gasteiger partial charge in [-0.1, -0.05) is 0 Å². The van der Waals surface area contributed by atoms with Crippen LogP contribution in [0.4, 0.5) is 13.2 Å². The Morgan fingerprint density at radius 3 is 2.65 bits per heavy atom. The summed E-state index contributed by atoms with van der Waals surface area (Å²) in [5, 5.41) is 17.6. The molecular weight excluding hydrogens is 353 g/mol. The predicted molar refractivity (Wildman–Crippen MR) is 86.2 cm³/mol. The number of halogens is 3. The van der Waals surface area contributed by atoms with Crippen LogP contribution in [0.3, 0.4) is 0 Å². The zero-order chi connectivity index (χ0) is 19.3. The van der Waals surface area contributed by atoms with Gasteiger partial charge >= 0.3 is 12.1 Å². The lowest BCUT2D eigenvalue weighted by molar-refractivity contribution is -0.192. The molecule has 26 heavy (non-hydrogen) atoms. The van der Waals surface area contributed by atoms with Crippen LogP contribution in [0.2, 0.25) is 0 Å². The number of hydrogen-bond acceptors (Lipinski definition) is 5. The van der Waals surface area contributed by atoms with E-state index in [1.807, 2.05) is 18.7 Å². The third-order valence-electron chi connectivity index (χ3n) is 4.12. The monoisotopic (exact) mass is 374 g/mol. The van der Waals surface area contributed by atoms with Crippen LogP contribution in [0.5, 0.6) is 0 Å². The van der Waals surface area contributed by atoms with Crippen molar-refractivity contribution in [2.45, 2.75) is 25.7 Å². The summed E-state index contributed by atoms with van der Waals surface area (Å²) in [4.78, 5) is 15.8. The van der Waals surface area contributed by atoms with E-state index in [1.165, 1.54) is 11.3 Å². The Morgan fingerprint density at radius 1 is 1.46 bits per heavy atom. The third kappa shape index (κ3) is 5.05. The first-order valence-corrected chi connectivity index (χ1v) is 7.90. The molecule has 1 saturated heterocycles. The summed E-state index contributed by atoms with van der Waals surface area (Å²) >= 11 is 0. The quantitative estimate of drug-likeness (QED) is 0.748. The normalized spacial score (nSPS) is 18.3. The average molecular weight is 374 g/mol. The van der Waals surface area contributed by atoms with Gasteiger partial charge < -0.3 is 15.0 Å². The van der Waals surface area contributed by atoms with Crippen molar-refractivity contribution in [2.75, 3.05) is 19.6 Å². The summed E-state index contributed by atoms with van der Waals surface area (Å²) in [5.41, 5.74) is 3.65. The van der Waals surface area contributed by atoms with Crippen molar-refractivity contribution in [3.05, 3.63) is 35.7 Å². The molecule has 1 fully saturated rings. The van der Waals surface area contributed by atoms with E-state index in [9.17, 15) is 13.2 Å². The number of piperazine rings is 1. The number of hydrogen-bond donors (Lipinski definition) is 3. The van der Waals surface area contributed by atoms with Gasteiger partial charge in [0.05, 0.1) is 30.0 Å². The fraction of sp³-hybridized carbons (Fsp3) is 0.533. The van der Waals surface area contributed by atoms with Crippen molar-refractivity contribution in [3.8, 4) is 0 Å². The van der Waals surface area contributed by atoms with Gasteiger partial charge in [0.1, 0.15) is 0 Å². The lowest BCUT2D eigenvalue weighted by Crippen LogP contribution is -2.45. The molecule has 1 aliphatic rings. The number of carboxylic acids is 1. The number of nitrogens with zero attached hydrogens (tertiary/aromatic N) is 4. The molecule has 1 atom stereocenters. The van der Waals surface area contributed by atoms with Gasteiger partial charge in [-0.2, -0.15) is 18.3 Å². The number of imidazole rings is 1. The minimum atomic E-state index is -5.08. The molecular formula is C15H21F3N6O2. The van der Waals surface area contributed by atoms with Gasteiger partial charge in [-0.3, -0.25) is 10.00 Å². The van der Waals surface area contributed by atoms with E-state index in [0.29, 0.717) is 6.04 Å². The number of aromatic nitrogens is 4. The molecule has 3 N–H and O–H groups in total. The molecule has 0 spiro atoms. The molecule has 2 aromatic heterocycles. The molecule has 3 heterocycles. The van der Waals surface area contributed by atoms with Crippen LogP contribution in [-0.4, -0.2) is 61.5 Å². The fourth-order valence-corrected chi connectivity index (χ4v) is 2.70. The molecule has 0 bridgehead atoms. The second-order valence-electron chi connectivity index (χ2n) is 5.91. The molecule has 0 aromatic carbocycles. The number of alkyl halides is 3. The topological polar surface area (TPSA) is 99.1 Å². The van der Waals surface area contributed by atoms with E-state index in [0.717, 1.165) is 31.9 Å². The Bertz CT molecular complexity index is 694. The summed E-state index contributed by atoms with van der Waals surface area (Å²) in [6.45, 7) is 6.05. The number of H-pyrrole nitrogens is 1. The highest BCUT2D eigenvalue weighted by atomic mass is 19.4. The van der Waals surface area contributed by atoms with Gasteiger partial charge in [-0.15, -0.1) is 0 Å². The first-order valence-electron chi connectivity index (χ1n) is 7.90. The van der Waals surface area contributed by atoms with E-state index < -0.39 is 12.1 Å². The Labute approximate surface area is 148 Å². The molecule has 0 saturated carbocycles. The van der Waals surface area contributed by atoms with E-state index >= 15 is 0 Å². The standard InChI is InChI=1S/C13H20N6.C2HF3O2/c1-10-13(18(2)9-15-10)8-19-4-3-14-7-12(19)11-5-16-17-6-11;3-2(4,5)1(6)7/h5-6,9,12,14H,3-4,7-8H2,1-2H3,(H,16,17);(H,6,7). The maximum atomic E-state index is 10.6. The highest BCUT2D eigenvalue weighted by Crippen LogP contribution is 2.23. The fourth-order valence-electron chi connectivity index (χ4n) is 2.70. The smallest absolute Gasteiger partial charge is 0.475 e. The Morgan fingerprint density at radius 2 is 2.15 bits per heavy atom. The molecule has 3 rings (SSSR count). The van der Waals surface area contributed by atoms with Gasteiger partial charge in [-0.25, -0.2) is 9.78 Å². The number of carbonyl (C=O) groups is 1. The van der Waals surface area contributed by atoms with Crippen LogP contribution in [-0.2, 0) is 18.4 Å². The molecule has 0 radical (unpaired) electrons. The van der Waals surface area contributed by atoms with Gasteiger partial charge in [-0.05, 0) is 6.92 Å². The van der Waals surface area contributed by atoms with Crippen molar-refractivity contribution < 1.29 is 23.1 Å². The molecule has 2 aromatic rings. The summed E-state index contributed by atoms with van der Waals surface area (Å²) < 4.78 is 33.9. The molecule has 8 nitrogen and oxygen atoms in total. The first kappa shape index (κ1) is 19.9. The number of rotatable bonds is 3. The van der Waals surface area contributed by atoms with E-state index in [4.69, 9.17) is 9.90 Å². The van der Waals surface area contributed by atoms with Gasteiger partial charge in [0.15, 0.2) is 0 Å². The van der Waals surface area contributed by atoms with E-state index in [-0.39, 0.29) is 0 Å². The summed E-state index contributed by atoms with van der Waals surface area (Å²) in [6.07, 6.45) is 0.710. The summed E-state index contributed by atoms with van der Waals surface area (Å²) in [7, 11) is 2.06.